The van der Waals surface area contributed by atoms with Gasteiger partial charge in [0.05, 0.1) is 22.2 Å². The first-order chi connectivity index (χ1) is 11.8. The number of benzene rings is 2. The van der Waals surface area contributed by atoms with E-state index in [4.69, 9.17) is 4.74 Å². The Balaban J connectivity index is 1.93. The van der Waals surface area contributed by atoms with E-state index in [-0.39, 0.29) is 12.0 Å². The van der Waals surface area contributed by atoms with Crippen molar-refractivity contribution < 1.29 is 13.2 Å². The van der Waals surface area contributed by atoms with Crippen molar-refractivity contribution in [3.63, 3.8) is 0 Å². The summed E-state index contributed by atoms with van der Waals surface area (Å²) in [6.45, 7) is 6.66. The average Bonchev–Trinajstić information content (AvgIpc) is 3.06. The second kappa shape index (κ2) is 5.58. The molecule has 1 saturated heterocycles. The fraction of sp³-hybridized carbons (Fsp3) is 0.400. The largest absolute Gasteiger partial charge is 0.373 e. The lowest BCUT2D eigenvalue weighted by Crippen LogP contribution is -2.56. The van der Waals surface area contributed by atoms with E-state index in [0.717, 1.165) is 23.2 Å². The second-order valence-corrected chi connectivity index (χ2v) is 9.27. The highest BCUT2D eigenvalue weighted by Gasteiger charge is 2.53. The summed E-state index contributed by atoms with van der Waals surface area (Å²) in [5, 5.41) is 0. The molecule has 0 aromatic heterocycles. The molecule has 0 spiro atoms. The van der Waals surface area contributed by atoms with Crippen molar-refractivity contribution in [2.24, 2.45) is 5.92 Å². The number of ether oxygens (including phenoxy) is 1. The van der Waals surface area contributed by atoms with E-state index in [1.807, 2.05) is 57.2 Å². The van der Waals surface area contributed by atoms with Gasteiger partial charge in [0.1, 0.15) is 0 Å². The smallest absolute Gasteiger partial charge is 0.264 e. The van der Waals surface area contributed by atoms with E-state index in [1.54, 1.807) is 16.4 Å². The maximum Gasteiger partial charge on any atom is 0.264 e. The molecule has 0 saturated carbocycles. The minimum Gasteiger partial charge on any atom is -0.373 e. The molecular weight excluding hydrogens is 334 g/mol. The standard InChI is InChI=1S/C20H23NO3S/c1-14-8-10-15(11-9-14)25(22,23)21-18-7-5-4-6-16(18)19-17(12-13-24-19)20(21,2)3/h4-11,17,19H,12-13H2,1-3H3/t17-,19+/m1/s1. The predicted octanol–water partition coefficient (Wildman–Crippen LogP) is 4.06. The number of hydrogen-bond acceptors (Lipinski definition) is 3. The van der Waals surface area contributed by atoms with Crippen molar-refractivity contribution in [1.29, 1.82) is 0 Å². The monoisotopic (exact) mass is 357 g/mol. The molecule has 4 nitrogen and oxygen atoms in total. The van der Waals surface area contributed by atoms with Gasteiger partial charge in [-0.3, -0.25) is 4.31 Å². The topological polar surface area (TPSA) is 46.6 Å². The highest BCUT2D eigenvalue weighted by molar-refractivity contribution is 7.93. The maximum absolute atomic E-state index is 13.6. The van der Waals surface area contributed by atoms with Crippen LogP contribution in [0.25, 0.3) is 0 Å². The Morgan fingerprint density at radius 2 is 1.76 bits per heavy atom. The summed E-state index contributed by atoms with van der Waals surface area (Å²) in [6.07, 6.45) is 0.835. The van der Waals surface area contributed by atoms with E-state index in [0.29, 0.717) is 11.5 Å². The van der Waals surface area contributed by atoms with Crippen LogP contribution in [-0.2, 0) is 14.8 Å². The molecular formula is C20H23NO3S. The predicted molar refractivity (Wildman–Crippen MR) is 98.2 cm³/mol. The molecule has 0 aliphatic carbocycles. The van der Waals surface area contributed by atoms with Gasteiger partial charge in [-0.25, -0.2) is 8.42 Å². The number of hydrogen-bond donors (Lipinski definition) is 0. The number of aryl methyl sites for hydroxylation is 1. The molecule has 4 rings (SSSR count). The molecule has 2 aliphatic rings. The van der Waals surface area contributed by atoms with Crippen LogP contribution in [0, 0.1) is 12.8 Å². The van der Waals surface area contributed by atoms with E-state index < -0.39 is 15.6 Å². The lowest BCUT2D eigenvalue weighted by molar-refractivity contribution is 0.0685. The summed E-state index contributed by atoms with van der Waals surface area (Å²) in [5.74, 6) is 0.141. The van der Waals surface area contributed by atoms with Crippen molar-refractivity contribution in [3.05, 3.63) is 59.7 Å². The quantitative estimate of drug-likeness (QED) is 0.814. The fourth-order valence-electron chi connectivity index (χ4n) is 4.25. The van der Waals surface area contributed by atoms with Crippen molar-refractivity contribution in [2.45, 2.75) is 43.7 Å². The number of sulfonamides is 1. The van der Waals surface area contributed by atoms with Gasteiger partial charge in [0.15, 0.2) is 0 Å². The molecule has 2 atom stereocenters. The zero-order chi connectivity index (χ0) is 17.8. The molecule has 0 bridgehead atoms. The Kier molecular flexibility index (Phi) is 3.71. The minimum atomic E-state index is -3.66. The summed E-state index contributed by atoms with van der Waals surface area (Å²) in [7, 11) is -3.66. The van der Waals surface area contributed by atoms with Crippen molar-refractivity contribution in [2.75, 3.05) is 10.9 Å². The number of rotatable bonds is 2. The molecule has 0 unspecified atom stereocenters. The number of nitrogens with zero attached hydrogens (tertiary/aromatic N) is 1. The van der Waals surface area contributed by atoms with Gasteiger partial charge in [0.2, 0.25) is 0 Å². The molecule has 2 aromatic rings. The van der Waals surface area contributed by atoms with Crippen LogP contribution in [0.3, 0.4) is 0 Å². The van der Waals surface area contributed by atoms with E-state index >= 15 is 0 Å². The van der Waals surface area contributed by atoms with Crippen molar-refractivity contribution in [3.8, 4) is 0 Å². The third-order valence-corrected chi connectivity index (χ3v) is 7.56. The number of para-hydroxylation sites is 1. The molecule has 0 N–H and O–H groups in total. The molecule has 2 aliphatic heterocycles. The first-order valence-corrected chi connectivity index (χ1v) is 10.1. The normalized spacial score (nSPS) is 24.7. The zero-order valence-electron chi connectivity index (χ0n) is 14.8. The van der Waals surface area contributed by atoms with Crippen LogP contribution < -0.4 is 4.31 Å². The highest BCUT2D eigenvalue weighted by Crippen LogP contribution is 2.53. The van der Waals surface area contributed by atoms with Gasteiger partial charge in [-0.15, -0.1) is 0 Å². The molecule has 0 radical (unpaired) electrons. The Labute approximate surface area is 149 Å². The van der Waals surface area contributed by atoms with Crippen LogP contribution in [-0.4, -0.2) is 20.6 Å². The maximum atomic E-state index is 13.6. The second-order valence-electron chi connectivity index (χ2n) is 7.48. The van der Waals surface area contributed by atoms with Crippen LogP contribution in [0.15, 0.2) is 53.4 Å². The number of fused-ring (bicyclic) bond motifs is 3. The lowest BCUT2D eigenvalue weighted by Gasteiger charge is -2.49. The van der Waals surface area contributed by atoms with Gasteiger partial charge >= 0.3 is 0 Å². The van der Waals surface area contributed by atoms with Gasteiger partial charge in [-0.2, -0.15) is 0 Å². The summed E-state index contributed by atoms with van der Waals surface area (Å²) in [4.78, 5) is 0.332. The third-order valence-electron chi connectivity index (χ3n) is 5.54. The molecule has 2 aromatic carbocycles. The van der Waals surface area contributed by atoms with Crippen LogP contribution in [0.1, 0.15) is 37.5 Å². The molecule has 132 valence electrons. The van der Waals surface area contributed by atoms with E-state index in [1.165, 1.54) is 0 Å². The highest BCUT2D eigenvalue weighted by atomic mass is 32.2. The minimum absolute atomic E-state index is 0.0318. The van der Waals surface area contributed by atoms with E-state index in [9.17, 15) is 8.42 Å². The molecule has 25 heavy (non-hydrogen) atoms. The van der Waals surface area contributed by atoms with Crippen LogP contribution in [0.5, 0.6) is 0 Å². The Morgan fingerprint density at radius 1 is 1.08 bits per heavy atom. The third kappa shape index (κ3) is 2.41. The van der Waals surface area contributed by atoms with Crippen LogP contribution in [0.4, 0.5) is 5.69 Å². The summed E-state index contributed by atoms with van der Waals surface area (Å²) >= 11 is 0. The Bertz CT molecular complexity index is 903. The summed E-state index contributed by atoms with van der Waals surface area (Å²) in [6, 6.07) is 14.8. The van der Waals surface area contributed by atoms with Gasteiger partial charge in [-0.1, -0.05) is 35.9 Å². The molecule has 1 fully saturated rings. The Hall–Kier alpha value is -1.85. The SMILES string of the molecule is Cc1ccc(S(=O)(=O)N2c3ccccc3[C@@H]3OCC[C@H]3C2(C)C)cc1. The first kappa shape index (κ1) is 16.6. The summed E-state index contributed by atoms with van der Waals surface area (Å²) < 4.78 is 34.7. The summed E-state index contributed by atoms with van der Waals surface area (Å²) in [5.41, 5.74) is 2.19. The van der Waals surface area contributed by atoms with Gasteiger partial charge in [-0.05, 0) is 45.4 Å². The molecule has 0 amide bonds. The van der Waals surface area contributed by atoms with Crippen molar-refractivity contribution in [1.82, 2.24) is 0 Å². The molecule has 5 heteroatoms. The Morgan fingerprint density at radius 3 is 2.48 bits per heavy atom. The lowest BCUT2D eigenvalue weighted by atomic mass is 9.76. The first-order valence-electron chi connectivity index (χ1n) is 8.66. The molecule has 2 heterocycles. The average molecular weight is 357 g/mol. The van der Waals surface area contributed by atoms with Gasteiger partial charge in [0.25, 0.3) is 10.0 Å². The zero-order valence-corrected chi connectivity index (χ0v) is 15.6. The van der Waals surface area contributed by atoms with Crippen molar-refractivity contribution >= 4 is 15.7 Å². The van der Waals surface area contributed by atoms with Gasteiger partial charge in [0, 0.05) is 18.1 Å². The van der Waals surface area contributed by atoms with Gasteiger partial charge < -0.3 is 4.74 Å². The van der Waals surface area contributed by atoms with Crippen LogP contribution in [0.2, 0.25) is 0 Å². The van der Waals surface area contributed by atoms with E-state index in [2.05, 4.69) is 0 Å². The van der Waals surface area contributed by atoms with Crippen LogP contribution >= 0.6 is 0 Å². The number of anilines is 1. The fourth-order valence-corrected chi connectivity index (χ4v) is 6.12.